The normalized spacial score (nSPS) is 11.0. The molecule has 0 unspecified atom stereocenters. The number of sulfone groups is 1. The summed E-state index contributed by atoms with van der Waals surface area (Å²) < 4.78 is 34.4. The molecule has 0 bridgehead atoms. The minimum atomic E-state index is -3.31. The van der Waals surface area contributed by atoms with Crippen molar-refractivity contribution < 1.29 is 22.7 Å². The fourth-order valence-electron chi connectivity index (χ4n) is 2.10. The molecule has 0 atom stereocenters. The number of para-hydroxylation sites is 1. The monoisotopic (exact) mass is 349 g/mol. The van der Waals surface area contributed by atoms with E-state index in [1.807, 2.05) is 30.3 Å². The Hall–Kier alpha value is -2.54. The van der Waals surface area contributed by atoms with Crippen LogP contribution in [0.15, 0.2) is 54.6 Å². The van der Waals surface area contributed by atoms with Gasteiger partial charge in [-0.25, -0.2) is 13.2 Å². The number of primary amides is 1. The fourth-order valence-corrected chi connectivity index (χ4v) is 3.49. The third kappa shape index (κ3) is 6.29. The molecule has 0 spiro atoms. The molecule has 2 aromatic rings. The maximum atomic E-state index is 12.1. The predicted octanol–water partition coefficient (Wildman–Crippen LogP) is 2.88. The highest BCUT2D eigenvalue weighted by molar-refractivity contribution is 7.90. The van der Waals surface area contributed by atoms with E-state index in [9.17, 15) is 13.2 Å². The SMILES string of the molecule is NC(=O)OCCCS(=O)(=O)Cc1cccc(Oc2ccccc2)c1. The number of amides is 1. The van der Waals surface area contributed by atoms with Gasteiger partial charge in [0.1, 0.15) is 11.5 Å². The maximum Gasteiger partial charge on any atom is 0.404 e. The van der Waals surface area contributed by atoms with Gasteiger partial charge in [0.2, 0.25) is 0 Å². The number of hydrogen-bond acceptors (Lipinski definition) is 5. The first-order valence-electron chi connectivity index (χ1n) is 7.39. The lowest BCUT2D eigenvalue weighted by Gasteiger charge is -2.08. The Kier molecular flexibility index (Phi) is 6.20. The quantitative estimate of drug-likeness (QED) is 0.739. The molecule has 0 aliphatic carbocycles. The van der Waals surface area contributed by atoms with E-state index in [-0.39, 0.29) is 24.5 Å². The molecule has 0 heterocycles. The molecule has 0 saturated heterocycles. The van der Waals surface area contributed by atoms with Crippen molar-refractivity contribution in [2.45, 2.75) is 12.2 Å². The molecule has 0 radical (unpaired) electrons. The Labute approximate surface area is 141 Å². The van der Waals surface area contributed by atoms with Gasteiger partial charge in [-0.2, -0.15) is 0 Å². The molecule has 0 aromatic heterocycles. The van der Waals surface area contributed by atoms with Gasteiger partial charge in [-0.15, -0.1) is 0 Å². The summed E-state index contributed by atoms with van der Waals surface area (Å²) in [4.78, 5) is 10.4. The van der Waals surface area contributed by atoms with Crippen molar-refractivity contribution in [2.24, 2.45) is 5.73 Å². The molecule has 2 aromatic carbocycles. The Morgan fingerprint density at radius 3 is 2.42 bits per heavy atom. The average molecular weight is 349 g/mol. The van der Waals surface area contributed by atoms with Crippen molar-refractivity contribution in [3.8, 4) is 11.5 Å². The van der Waals surface area contributed by atoms with Crippen molar-refractivity contribution in [1.29, 1.82) is 0 Å². The summed E-state index contributed by atoms with van der Waals surface area (Å²) in [5, 5.41) is 0. The summed E-state index contributed by atoms with van der Waals surface area (Å²) in [6.07, 6.45) is -0.691. The lowest BCUT2D eigenvalue weighted by Crippen LogP contribution is -2.16. The molecule has 2 N–H and O–H groups in total. The molecule has 0 saturated carbocycles. The number of carbonyl (C=O) groups is 1. The van der Waals surface area contributed by atoms with Gasteiger partial charge in [0.05, 0.1) is 18.1 Å². The molecule has 2 rings (SSSR count). The largest absolute Gasteiger partial charge is 0.457 e. The Balaban J connectivity index is 1.94. The van der Waals surface area contributed by atoms with Crippen LogP contribution < -0.4 is 10.5 Å². The standard InChI is InChI=1S/C17H19NO5S/c18-17(19)22-10-5-11-24(20,21)13-14-6-4-9-16(12-14)23-15-7-2-1-3-8-15/h1-4,6-9,12H,5,10-11,13H2,(H2,18,19). The predicted molar refractivity (Wildman–Crippen MR) is 90.6 cm³/mol. The summed E-state index contributed by atoms with van der Waals surface area (Å²) in [5.41, 5.74) is 5.46. The highest BCUT2D eigenvalue weighted by atomic mass is 32.2. The van der Waals surface area contributed by atoms with Crippen molar-refractivity contribution in [1.82, 2.24) is 0 Å². The molecular weight excluding hydrogens is 330 g/mol. The van der Waals surface area contributed by atoms with E-state index in [0.717, 1.165) is 0 Å². The minimum absolute atomic E-state index is 0.00821. The topological polar surface area (TPSA) is 95.7 Å². The lowest BCUT2D eigenvalue weighted by molar-refractivity contribution is 0.157. The molecular formula is C17H19NO5S. The first-order chi connectivity index (χ1) is 11.4. The van der Waals surface area contributed by atoms with Crippen LogP contribution >= 0.6 is 0 Å². The second-order valence-corrected chi connectivity index (χ2v) is 7.36. The van der Waals surface area contributed by atoms with E-state index in [4.69, 9.17) is 10.5 Å². The van der Waals surface area contributed by atoms with E-state index in [0.29, 0.717) is 17.1 Å². The lowest BCUT2D eigenvalue weighted by atomic mass is 10.2. The Bertz CT molecular complexity index is 775. The zero-order chi connectivity index (χ0) is 17.4. The number of carbonyl (C=O) groups excluding carboxylic acids is 1. The van der Waals surface area contributed by atoms with Crippen LogP contribution in [0.25, 0.3) is 0 Å². The van der Waals surface area contributed by atoms with Crippen LogP contribution in [-0.2, 0) is 20.3 Å². The van der Waals surface area contributed by atoms with Gasteiger partial charge in [0.25, 0.3) is 0 Å². The number of rotatable bonds is 8. The highest BCUT2D eigenvalue weighted by Gasteiger charge is 2.13. The van der Waals surface area contributed by atoms with E-state index in [1.165, 1.54) is 0 Å². The maximum absolute atomic E-state index is 12.1. The molecule has 6 nitrogen and oxygen atoms in total. The third-order valence-corrected chi connectivity index (χ3v) is 4.79. The second kappa shape index (κ2) is 8.35. The number of nitrogens with two attached hydrogens (primary N) is 1. The number of benzene rings is 2. The zero-order valence-electron chi connectivity index (χ0n) is 13.1. The summed E-state index contributed by atoms with van der Waals surface area (Å²) in [7, 11) is -3.31. The van der Waals surface area contributed by atoms with Crippen LogP contribution in [-0.4, -0.2) is 26.9 Å². The van der Waals surface area contributed by atoms with Gasteiger partial charge < -0.3 is 15.2 Å². The van der Waals surface area contributed by atoms with Gasteiger partial charge in [0.15, 0.2) is 9.84 Å². The van der Waals surface area contributed by atoms with Crippen molar-refractivity contribution in [2.75, 3.05) is 12.4 Å². The van der Waals surface area contributed by atoms with Crippen molar-refractivity contribution in [3.63, 3.8) is 0 Å². The molecule has 7 heteroatoms. The Morgan fingerprint density at radius 2 is 1.71 bits per heavy atom. The van der Waals surface area contributed by atoms with Gasteiger partial charge in [-0.05, 0) is 36.2 Å². The van der Waals surface area contributed by atoms with Crippen LogP contribution in [0.1, 0.15) is 12.0 Å². The van der Waals surface area contributed by atoms with E-state index in [2.05, 4.69) is 4.74 Å². The van der Waals surface area contributed by atoms with E-state index >= 15 is 0 Å². The first kappa shape index (κ1) is 17.8. The van der Waals surface area contributed by atoms with E-state index < -0.39 is 15.9 Å². The van der Waals surface area contributed by atoms with Gasteiger partial charge >= 0.3 is 6.09 Å². The smallest absolute Gasteiger partial charge is 0.404 e. The number of hydrogen-bond donors (Lipinski definition) is 1. The summed E-state index contributed by atoms with van der Waals surface area (Å²) in [6.45, 7) is -0.00821. The average Bonchev–Trinajstić information content (AvgIpc) is 2.52. The van der Waals surface area contributed by atoms with Crippen molar-refractivity contribution in [3.05, 3.63) is 60.2 Å². The molecule has 24 heavy (non-hydrogen) atoms. The molecule has 0 fully saturated rings. The second-order valence-electron chi connectivity index (χ2n) is 5.18. The van der Waals surface area contributed by atoms with Gasteiger partial charge in [-0.3, -0.25) is 0 Å². The summed E-state index contributed by atoms with van der Waals surface area (Å²) in [6, 6.07) is 16.2. The molecule has 0 aliphatic heterocycles. The fraction of sp³-hybridized carbons (Fsp3) is 0.235. The molecule has 0 aliphatic rings. The van der Waals surface area contributed by atoms with Crippen LogP contribution in [0.5, 0.6) is 11.5 Å². The first-order valence-corrected chi connectivity index (χ1v) is 9.21. The highest BCUT2D eigenvalue weighted by Crippen LogP contribution is 2.22. The van der Waals surface area contributed by atoms with Crippen LogP contribution in [0, 0.1) is 0 Å². The third-order valence-electron chi connectivity index (χ3n) is 3.11. The van der Waals surface area contributed by atoms with Crippen LogP contribution in [0.2, 0.25) is 0 Å². The van der Waals surface area contributed by atoms with Gasteiger partial charge in [-0.1, -0.05) is 30.3 Å². The Morgan fingerprint density at radius 1 is 1.00 bits per heavy atom. The van der Waals surface area contributed by atoms with Crippen molar-refractivity contribution >= 4 is 15.9 Å². The van der Waals surface area contributed by atoms with Gasteiger partial charge in [0, 0.05) is 0 Å². The van der Waals surface area contributed by atoms with E-state index in [1.54, 1.807) is 24.3 Å². The zero-order valence-corrected chi connectivity index (χ0v) is 13.9. The number of ether oxygens (including phenoxy) is 2. The van der Waals surface area contributed by atoms with Crippen LogP contribution in [0.4, 0.5) is 4.79 Å². The summed E-state index contributed by atoms with van der Waals surface area (Å²) >= 11 is 0. The minimum Gasteiger partial charge on any atom is -0.457 e. The molecule has 1 amide bonds. The molecule has 128 valence electrons. The summed E-state index contributed by atoms with van der Waals surface area (Å²) in [5.74, 6) is 1.08. The van der Waals surface area contributed by atoms with Crippen LogP contribution in [0.3, 0.4) is 0 Å².